The van der Waals surface area contributed by atoms with Crippen LogP contribution in [0.4, 0.5) is 10.5 Å². The quantitative estimate of drug-likeness (QED) is 0.580. The Bertz CT molecular complexity index is 1050. The van der Waals surface area contributed by atoms with E-state index in [9.17, 15) is 4.79 Å². The second-order valence-corrected chi connectivity index (χ2v) is 7.78. The first-order chi connectivity index (χ1) is 14.6. The number of rotatable bonds is 6. The highest BCUT2D eigenvalue weighted by Gasteiger charge is 2.17. The van der Waals surface area contributed by atoms with E-state index in [0.29, 0.717) is 18.2 Å². The molecule has 0 aliphatic carbocycles. The van der Waals surface area contributed by atoms with E-state index in [2.05, 4.69) is 15.3 Å². The number of aryl methyl sites for hydroxylation is 1. The molecule has 1 N–H and O–H groups in total. The number of hydrogen-bond donors (Lipinski definition) is 1. The van der Waals surface area contributed by atoms with Crippen LogP contribution in [0.15, 0.2) is 64.9 Å². The second kappa shape index (κ2) is 9.04. The molecule has 2 amide bonds. The first kappa shape index (κ1) is 20.0. The van der Waals surface area contributed by atoms with Gasteiger partial charge in [0, 0.05) is 36.1 Å². The molecular weight excluding hydrogens is 400 g/mol. The molecule has 0 saturated carbocycles. The van der Waals surface area contributed by atoms with E-state index in [4.69, 9.17) is 9.47 Å². The van der Waals surface area contributed by atoms with E-state index in [1.165, 1.54) is 11.8 Å². The first-order valence-corrected chi connectivity index (χ1v) is 10.4. The number of ether oxygens (including phenoxy) is 2. The van der Waals surface area contributed by atoms with Crippen molar-refractivity contribution >= 4 is 23.5 Å². The maximum absolute atomic E-state index is 12.8. The van der Waals surface area contributed by atoms with E-state index in [1.807, 2.05) is 50.2 Å². The zero-order valence-corrected chi connectivity index (χ0v) is 17.6. The molecular formula is C22H22N4O3S. The Morgan fingerprint density at radius 2 is 1.93 bits per heavy atom. The Morgan fingerprint density at radius 3 is 2.70 bits per heavy atom. The maximum atomic E-state index is 12.8. The highest BCUT2D eigenvalue weighted by Crippen LogP contribution is 2.33. The molecule has 2 heterocycles. The zero-order valence-electron chi connectivity index (χ0n) is 16.8. The highest BCUT2D eigenvalue weighted by atomic mass is 32.2. The standard InChI is InChI=1S/C22H22N4O3S/c1-3-26(13-16-5-8-19-20(12-16)29-14-28-19)22(27)25-18-7-6-17(11-15(18)2)30-21-23-9-4-10-24-21/h4-12H,3,13-14H2,1-2H3,(H,25,27). The molecule has 0 saturated heterocycles. The molecule has 7 nitrogen and oxygen atoms in total. The van der Waals surface area contributed by atoms with Gasteiger partial charge in [0.2, 0.25) is 6.79 Å². The van der Waals surface area contributed by atoms with Crippen molar-refractivity contribution in [2.75, 3.05) is 18.7 Å². The van der Waals surface area contributed by atoms with Crippen LogP contribution in [0, 0.1) is 6.92 Å². The Labute approximate surface area is 179 Å². The van der Waals surface area contributed by atoms with Crippen molar-refractivity contribution in [2.45, 2.75) is 30.4 Å². The van der Waals surface area contributed by atoms with Crippen molar-refractivity contribution < 1.29 is 14.3 Å². The summed E-state index contributed by atoms with van der Waals surface area (Å²) < 4.78 is 10.8. The van der Waals surface area contributed by atoms with Crippen molar-refractivity contribution in [2.24, 2.45) is 0 Å². The molecule has 2 aromatic carbocycles. The molecule has 1 aliphatic rings. The minimum atomic E-state index is -0.148. The molecule has 30 heavy (non-hydrogen) atoms. The number of anilines is 1. The molecule has 4 rings (SSSR count). The molecule has 0 radical (unpaired) electrons. The average Bonchev–Trinajstić information content (AvgIpc) is 3.22. The monoisotopic (exact) mass is 422 g/mol. The van der Waals surface area contributed by atoms with Crippen LogP contribution >= 0.6 is 11.8 Å². The van der Waals surface area contributed by atoms with E-state index in [1.54, 1.807) is 23.4 Å². The molecule has 154 valence electrons. The number of nitrogens with one attached hydrogen (secondary N) is 1. The topological polar surface area (TPSA) is 76.6 Å². The summed E-state index contributed by atoms with van der Waals surface area (Å²) in [6.07, 6.45) is 3.44. The number of carbonyl (C=O) groups is 1. The van der Waals surface area contributed by atoms with Crippen molar-refractivity contribution in [1.29, 1.82) is 0 Å². The predicted octanol–water partition coefficient (Wildman–Crippen LogP) is 4.72. The number of aromatic nitrogens is 2. The van der Waals surface area contributed by atoms with Crippen LogP contribution in [-0.4, -0.2) is 34.2 Å². The van der Waals surface area contributed by atoms with E-state index < -0.39 is 0 Å². The molecule has 0 fully saturated rings. The van der Waals surface area contributed by atoms with Crippen molar-refractivity contribution in [3.05, 3.63) is 66.0 Å². The Morgan fingerprint density at radius 1 is 1.13 bits per heavy atom. The number of amides is 2. The number of carbonyl (C=O) groups excluding carboxylic acids is 1. The summed E-state index contributed by atoms with van der Waals surface area (Å²) in [6, 6.07) is 13.3. The van der Waals surface area contributed by atoms with Gasteiger partial charge in [-0.1, -0.05) is 6.07 Å². The SMILES string of the molecule is CCN(Cc1ccc2c(c1)OCO2)C(=O)Nc1ccc(Sc2ncccn2)cc1C. The van der Waals surface area contributed by atoms with Gasteiger partial charge < -0.3 is 19.7 Å². The number of urea groups is 1. The fraction of sp³-hybridized carbons (Fsp3) is 0.227. The van der Waals surface area contributed by atoms with Gasteiger partial charge in [-0.15, -0.1) is 0 Å². The minimum Gasteiger partial charge on any atom is -0.454 e. The normalized spacial score (nSPS) is 11.9. The lowest BCUT2D eigenvalue weighted by molar-refractivity contribution is 0.174. The molecule has 1 aromatic heterocycles. The van der Waals surface area contributed by atoms with Crippen molar-refractivity contribution in [3.63, 3.8) is 0 Å². The smallest absolute Gasteiger partial charge is 0.322 e. The lowest BCUT2D eigenvalue weighted by Crippen LogP contribution is -2.34. The molecule has 0 bridgehead atoms. The summed E-state index contributed by atoms with van der Waals surface area (Å²) in [6.45, 7) is 5.23. The van der Waals surface area contributed by atoms with E-state index in [0.717, 1.165) is 33.2 Å². The largest absolute Gasteiger partial charge is 0.454 e. The summed E-state index contributed by atoms with van der Waals surface area (Å²) in [5.41, 5.74) is 2.74. The summed E-state index contributed by atoms with van der Waals surface area (Å²) in [5.74, 6) is 1.45. The summed E-state index contributed by atoms with van der Waals surface area (Å²) in [4.78, 5) is 24.1. The lowest BCUT2D eigenvalue weighted by atomic mass is 10.2. The van der Waals surface area contributed by atoms with Crippen LogP contribution in [0.5, 0.6) is 11.5 Å². The highest BCUT2D eigenvalue weighted by molar-refractivity contribution is 7.99. The van der Waals surface area contributed by atoms with Gasteiger partial charge in [0.15, 0.2) is 16.7 Å². The van der Waals surface area contributed by atoms with Gasteiger partial charge in [0.1, 0.15) is 0 Å². The lowest BCUT2D eigenvalue weighted by Gasteiger charge is -2.22. The van der Waals surface area contributed by atoms with Crippen LogP contribution < -0.4 is 14.8 Å². The van der Waals surface area contributed by atoms with Crippen LogP contribution in [0.3, 0.4) is 0 Å². The maximum Gasteiger partial charge on any atom is 0.322 e. The fourth-order valence-electron chi connectivity index (χ4n) is 3.06. The molecule has 3 aromatic rings. The van der Waals surface area contributed by atoms with Gasteiger partial charge in [-0.05, 0) is 73.1 Å². The van der Waals surface area contributed by atoms with Gasteiger partial charge in [0.05, 0.1) is 0 Å². The predicted molar refractivity (Wildman–Crippen MR) is 115 cm³/mol. The Balaban J connectivity index is 1.41. The summed E-state index contributed by atoms with van der Waals surface area (Å²) in [5, 5.41) is 3.70. The molecule has 8 heteroatoms. The number of hydrogen-bond acceptors (Lipinski definition) is 6. The van der Waals surface area contributed by atoms with Crippen molar-refractivity contribution in [3.8, 4) is 11.5 Å². The van der Waals surface area contributed by atoms with E-state index >= 15 is 0 Å². The summed E-state index contributed by atoms with van der Waals surface area (Å²) in [7, 11) is 0. The average molecular weight is 423 g/mol. The number of fused-ring (bicyclic) bond motifs is 1. The van der Waals surface area contributed by atoms with Crippen LogP contribution in [-0.2, 0) is 6.54 Å². The van der Waals surface area contributed by atoms with Crippen molar-refractivity contribution in [1.82, 2.24) is 14.9 Å². The third kappa shape index (κ3) is 4.65. The Hall–Kier alpha value is -3.26. The fourth-order valence-corrected chi connectivity index (χ4v) is 3.87. The number of nitrogens with zero attached hydrogens (tertiary/aromatic N) is 3. The van der Waals surface area contributed by atoms with Crippen LogP contribution in [0.25, 0.3) is 0 Å². The van der Waals surface area contributed by atoms with Gasteiger partial charge >= 0.3 is 6.03 Å². The third-order valence-corrected chi connectivity index (χ3v) is 5.55. The minimum absolute atomic E-state index is 0.148. The zero-order chi connectivity index (χ0) is 20.9. The molecule has 0 unspecified atom stereocenters. The van der Waals surface area contributed by atoms with Crippen LogP contribution in [0.1, 0.15) is 18.1 Å². The van der Waals surface area contributed by atoms with Gasteiger partial charge in [-0.25, -0.2) is 14.8 Å². The Kier molecular flexibility index (Phi) is 6.04. The van der Waals surface area contributed by atoms with Gasteiger partial charge in [-0.2, -0.15) is 0 Å². The molecule has 0 atom stereocenters. The second-order valence-electron chi connectivity index (χ2n) is 6.74. The first-order valence-electron chi connectivity index (χ1n) is 9.62. The van der Waals surface area contributed by atoms with E-state index in [-0.39, 0.29) is 12.8 Å². The van der Waals surface area contributed by atoms with Gasteiger partial charge in [0.25, 0.3) is 0 Å². The molecule has 1 aliphatic heterocycles. The van der Waals surface area contributed by atoms with Crippen LogP contribution in [0.2, 0.25) is 0 Å². The number of benzene rings is 2. The van der Waals surface area contributed by atoms with Gasteiger partial charge in [-0.3, -0.25) is 0 Å². The third-order valence-electron chi connectivity index (χ3n) is 4.67. The summed E-state index contributed by atoms with van der Waals surface area (Å²) >= 11 is 1.48. The molecule has 0 spiro atoms.